The molecular weight excluding hydrogens is 150 g/mol. The maximum atomic E-state index is 4.30. The van der Waals surface area contributed by atoms with Crippen molar-refractivity contribution in [3.8, 4) is 0 Å². The molecule has 1 N–H and O–H groups in total. The van der Waals surface area contributed by atoms with E-state index in [0.717, 1.165) is 6.42 Å². The van der Waals surface area contributed by atoms with E-state index in [4.69, 9.17) is 0 Å². The van der Waals surface area contributed by atoms with Crippen LogP contribution in [0.1, 0.15) is 30.1 Å². The van der Waals surface area contributed by atoms with Crippen molar-refractivity contribution in [2.24, 2.45) is 0 Å². The molecule has 1 atom stereocenters. The average molecular weight is 163 g/mol. The zero-order chi connectivity index (χ0) is 8.39. The van der Waals surface area contributed by atoms with Crippen LogP contribution in [0.5, 0.6) is 0 Å². The van der Waals surface area contributed by atoms with Crippen molar-refractivity contribution in [2.45, 2.75) is 25.3 Å². The summed E-state index contributed by atoms with van der Waals surface area (Å²) in [4.78, 5) is 8.33. The lowest BCUT2D eigenvalue weighted by atomic mass is 9.93. The van der Waals surface area contributed by atoms with Gasteiger partial charge in [-0.2, -0.15) is 0 Å². The third-order valence-corrected chi connectivity index (χ3v) is 2.44. The second-order valence-electron chi connectivity index (χ2n) is 3.17. The van der Waals surface area contributed by atoms with Crippen molar-refractivity contribution in [3.05, 3.63) is 23.8 Å². The Kier molecular flexibility index (Phi) is 2.04. The van der Waals surface area contributed by atoms with Gasteiger partial charge in [-0.15, -0.1) is 0 Å². The molecule has 0 bridgehead atoms. The van der Waals surface area contributed by atoms with Crippen LogP contribution in [0.4, 0.5) is 0 Å². The number of rotatable bonds is 1. The van der Waals surface area contributed by atoms with E-state index in [9.17, 15) is 0 Å². The second kappa shape index (κ2) is 3.19. The van der Waals surface area contributed by atoms with Crippen molar-refractivity contribution < 1.29 is 0 Å². The van der Waals surface area contributed by atoms with Gasteiger partial charge in [0.15, 0.2) is 0 Å². The SMILES string of the molecule is CNC1CCCc2cncnc21. The normalized spacial score (nSPS) is 21.9. The number of nitrogens with zero attached hydrogens (tertiary/aromatic N) is 2. The van der Waals surface area contributed by atoms with E-state index >= 15 is 0 Å². The van der Waals surface area contributed by atoms with Crippen molar-refractivity contribution in [1.82, 2.24) is 15.3 Å². The van der Waals surface area contributed by atoms with Crippen LogP contribution in [0, 0.1) is 0 Å². The summed E-state index contributed by atoms with van der Waals surface area (Å²) < 4.78 is 0. The van der Waals surface area contributed by atoms with Gasteiger partial charge in [-0.3, -0.25) is 0 Å². The Morgan fingerprint density at radius 2 is 2.50 bits per heavy atom. The van der Waals surface area contributed by atoms with Crippen molar-refractivity contribution >= 4 is 0 Å². The first-order valence-electron chi connectivity index (χ1n) is 4.38. The van der Waals surface area contributed by atoms with Gasteiger partial charge >= 0.3 is 0 Å². The fourth-order valence-electron chi connectivity index (χ4n) is 1.79. The molecule has 64 valence electrons. The predicted molar refractivity (Wildman–Crippen MR) is 46.8 cm³/mol. The minimum absolute atomic E-state index is 0.441. The zero-order valence-electron chi connectivity index (χ0n) is 7.25. The Hall–Kier alpha value is -0.960. The van der Waals surface area contributed by atoms with Gasteiger partial charge in [-0.1, -0.05) is 0 Å². The van der Waals surface area contributed by atoms with Gasteiger partial charge in [0, 0.05) is 12.2 Å². The third kappa shape index (κ3) is 1.20. The summed E-state index contributed by atoms with van der Waals surface area (Å²) in [7, 11) is 1.99. The Balaban J connectivity index is 2.37. The molecule has 1 aromatic heterocycles. The van der Waals surface area contributed by atoms with Gasteiger partial charge in [-0.05, 0) is 31.9 Å². The zero-order valence-corrected chi connectivity index (χ0v) is 7.25. The lowest BCUT2D eigenvalue weighted by Gasteiger charge is -2.22. The summed E-state index contributed by atoms with van der Waals surface area (Å²) in [6, 6.07) is 0.441. The molecular formula is C9H13N3. The summed E-state index contributed by atoms with van der Waals surface area (Å²) in [6.07, 6.45) is 7.14. The van der Waals surface area contributed by atoms with Gasteiger partial charge in [0.05, 0.1) is 5.69 Å². The van der Waals surface area contributed by atoms with Crippen molar-refractivity contribution in [2.75, 3.05) is 7.05 Å². The Morgan fingerprint density at radius 1 is 1.58 bits per heavy atom. The molecule has 0 amide bonds. The summed E-state index contributed by atoms with van der Waals surface area (Å²) >= 11 is 0. The Labute approximate surface area is 72.2 Å². The minimum atomic E-state index is 0.441. The van der Waals surface area contributed by atoms with Gasteiger partial charge in [0.1, 0.15) is 6.33 Å². The first kappa shape index (κ1) is 7.68. The monoisotopic (exact) mass is 163 g/mol. The van der Waals surface area contributed by atoms with Crippen LogP contribution >= 0.6 is 0 Å². The van der Waals surface area contributed by atoms with Crippen LogP contribution in [0.15, 0.2) is 12.5 Å². The van der Waals surface area contributed by atoms with E-state index in [0.29, 0.717) is 6.04 Å². The number of hydrogen-bond acceptors (Lipinski definition) is 3. The number of hydrogen-bond donors (Lipinski definition) is 1. The van der Waals surface area contributed by atoms with E-state index in [1.54, 1.807) is 6.33 Å². The molecule has 1 aliphatic rings. The molecule has 0 radical (unpaired) electrons. The molecule has 0 fully saturated rings. The maximum absolute atomic E-state index is 4.30. The molecule has 1 aromatic rings. The highest BCUT2D eigenvalue weighted by Gasteiger charge is 2.19. The summed E-state index contributed by atoms with van der Waals surface area (Å²) in [5.41, 5.74) is 2.50. The fourth-order valence-corrected chi connectivity index (χ4v) is 1.79. The Bertz CT molecular complexity index is 272. The molecule has 1 heterocycles. The van der Waals surface area contributed by atoms with Crippen LogP contribution in [-0.4, -0.2) is 17.0 Å². The Morgan fingerprint density at radius 3 is 3.33 bits per heavy atom. The summed E-state index contributed by atoms with van der Waals surface area (Å²) in [5, 5.41) is 3.27. The number of fused-ring (bicyclic) bond motifs is 1. The van der Waals surface area contributed by atoms with E-state index in [1.165, 1.54) is 24.1 Å². The van der Waals surface area contributed by atoms with E-state index < -0.39 is 0 Å². The van der Waals surface area contributed by atoms with Gasteiger partial charge in [0.2, 0.25) is 0 Å². The smallest absolute Gasteiger partial charge is 0.115 e. The molecule has 0 spiro atoms. The van der Waals surface area contributed by atoms with Gasteiger partial charge < -0.3 is 5.32 Å². The quantitative estimate of drug-likeness (QED) is 0.673. The van der Waals surface area contributed by atoms with Crippen LogP contribution < -0.4 is 5.32 Å². The summed E-state index contributed by atoms with van der Waals surface area (Å²) in [6.45, 7) is 0. The fraction of sp³-hybridized carbons (Fsp3) is 0.556. The number of aryl methyl sites for hydroxylation is 1. The second-order valence-corrected chi connectivity index (χ2v) is 3.17. The van der Waals surface area contributed by atoms with Gasteiger partial charge in [-0.25, -0.2) is 9.97 Å². The first-order valence-corrected chi connectivity index (χ1v) is 4.38. The average Bonchev–Trinajstić information content (AvgIpc) is 2.17. The topological polar surface area (TPSA) is 37.8 Å². The number of nitrogens with one attached hydrogen (secondary N) is 1. The molecule has 1 aliphatic carbocycles. The number of aromatic nitrogens is 2. The molecule has 3 nitrogen and oxygen atoms in total. The van der Waals surface area contributed by atoms with Crippen molar-refractivity contribution in [3.63, 3.8) is 0 Å². The van der Waals surface area contributed by atoms with Crippen LogP contribution in [-0.2, 0) is 6.42 Å². The highest BCUT2D eigenvalue weighted by molar-refractivity contribution is 5.22. The predicted octanol–water partition coefficient (Wildman–Crippen LogP) is 1.07. The van der Waals surface area contributed by atoms with E-state index in [-0.39, 0.29) is 0 Å². The molecule has 0 aromatic carbocycles. The third-order valence-electron chi connectivity index (χ3n) is 2.44. The molecule has 1 unspecified atom stereocenters. The van der Waals surface area contributed by atoms with Crippen LogP contribution in [0.2, 0.25) is 0 Å². The largest absolute Gasteiger partial charge is 0.312 e. The van der Waals surface area contributed by atoms with E-state index in [1.807, 2.05) is 13.2 Å². The van der Waals surface area contributed by atoms with E-state index in [2.05, 4.69) is 15.3 Å². The van der Waals surface area contributed by atoms with Gasteiger partial charge in [0.25, 0.3) is 0 Å². The molecule has 2 rings (SSSR count). The highest BCUT2D eigenvalue weighted by Crippen LogP contribution is 2.26. The standard InChI is InChI=1S/C9H13N3/c1-10-8-4-2-3-7-5-11-6-12-9(7)8/h5-6,8,10H,2-4H2,1H3. The molecule has 3 heteroatoms. The molecule has 0 saturated heterocycles. The van der Waals surface area contributed by atoms with Crippen LogP contribution in [0.3, 0.4) is 0 Å². The highest BCUT2D eigenvalue weighted by atomic mass is 14.9. The molecule has 0 saturated carbocycles. The summed E-state index contributed by atoms with van der Waals surface area (Å²) in [5.74, 6) is 0. The first-order chi connectivity index (χ1) is 5.92. The molecule has 0 aliphatic heterocycles. The lowest BCUT2D eigenvalue weighted by Crippen LogP contribution is -2.22. The van der Waals surface area contributed by atoms with Crippen molar-refractivity contribution in [1.29, 1.82) is 0 Å². The minimum Gasteiger partial charge on any atom is -0.312 e. The molecule has 12 heavy (non-hydrogen) atoms. The van der Waals surface area contributed by atoms with Crippen LogP contribution in [0.25, 0.3) is 0 Å². The maximum Gasteiger partial charge on any atom is 0.115 e. The lowest BCUT2D eigenvalue weighted by molar-refractivity contribution is 0.481.